The number of piperidine rings is 1. The molecule has 2 aliphatic rings. The predicted octanol–water partition coefficient (Wildman–Crippen LogP) is 2.60. The maximum absolute atomic E-state index is 3.52. The van der Waals surface area contributed by atoms with Crippen molar-refractivity contribution in [3.63, 3.8) is 0 Å². The number of hydrogen-bond donors (Lipinski definition) is 1. The van der Waals surface area contributed by atoms with Gasteiger partial charge in [-0.3, -0.25) is 0 Å². The molecule has 17 heavy (non-hydrogen) atoms. The third-order valence-electron chi connectivity index (χ3n) is 4.32. The summed E-state index contributed by atoms with van der Waals surface area (Å²) < 4.78 is 0. The van der Waals surface area contributed by atoms with Gasteiger partial charge in [-0.2, -0.15) is 11.8 Å². The second kappa shape index (κ2) is 7.01. The van der Waals surface area contributed by atoms with Crippen molar-refractivity contribution < 1.29 is 0 Å². The van der Waals surface area contributed by atoms with Crippen LogP contribution in [-0.2, 0) is 0 Å². The number of nitrogens with one attached hydrogen (secondary N) is 1. The number of hydrogen-bond acceptors (Lipinski definition) is 3. The second-order valence-corrected chi connectivity index (χ2v) is 6.97. The van der Waals surface area contributed by atoms with E-state index in [9.17, 15) is 0 Å². The SMILES string of the molecule is CCCC1(CN2CCCSCC2)CCNCC1. The number of rotatable bonds is 4. The van der Waals surface area contributed by atoms with E-state index in [4.69, 9.17) is 0 Å². The van der Waals surface area contributed by atoms with Gasteiger partial charge in [0, 0.05) is 18.8 Å². The van der Waals surface area contributed by atoms with Gasteiger partial charge in [0.05, 0.1) is 0 Å². The molecule has 0 aromatic carbocycles. The zero-order valence-electron chi connectivity index (χ0n) is 11.3. The fourth-order valence-corrected chi connectivity index (χ4v) is 4.33. The Morgan fingerprint density at radius 1 is 1.18 bits per heavy atom. The molecule has 100 valence electrons. The Bertz CT molecular complexity index is 201. The molecule has 0 amide bonds. The summed E-state index contributed by atoms with van der Waals surface area (Å²) in [5, 5.41) is 3.52. The van der Waals surface area contributed by atoms with Crippen molar-refractivity contribution in [2.75, 3.05) is 44.2 Å². The van der Waals surface area contributed by atoms with E-state index in [0.29, 0.717) is 5.41 Å². The maximum Gasteiger partial charge on any atom is 0.00726 e. The minimum Gasteiger partial charge on any atom is -0.317 e. The van der Waals surface area contributed by atoms with Gasteiger partial charge < -0.3 is 10.2 Å². The molecule has 0 radical (unpaired) electrons. The third kappa shape index (κ3) is 4.15. The molecule has 3 heteroatoms. The molecular formula is C14H28N2S. The summed E-state index contributed by atoms with van der Waals surface area (Å²) in [6.45, 7) is 8.85. The van der Waals surface area contributed by atoms with Crippen molar-refractivity contribution >= 4 is 11.8 Å². The van der Waals surface area contributed by atoms with Crippen LogP contribution in [0, 0.1) is 5.41 Å². The van der Waals surface area contributed by atoms with Gasteiger partial charge in [-0.25, -0.2) is 0 Å². The predicted molar refractivity (Wildman–Crippen MR) is 77.8 cm³/mol. The molecule has 0 atom stereocenters. The molecule has 2 saturated heterocycles. The average Bonchev–Trinajstić information content (AvgIpc) is 2.59. The van der Waals surface area contributed by atoms with Crippen molar-refractivity contribution in [3.05, 3.63) is 0 Å². The molecule has 0 aromatic rings. The lowest BCUT2D eigenvalue weighted by molar-refractivity contribution is 0.105. The van der Waals surface area contributed by atoms with Crippen LogP contribution in [0.3, 0.4) is 0 Å². The van der Waals surface area contributed by atoms with E-state index in [1.807, 2.05) is 0 Å². The van der Waals surface area contributed by atoms with Crippen molar-refractivity contribution in [2.24, 2.45) is 5.41 Å². The van der Waals surface area contributed by atoms with E-state index in [1.165, 1.54) is 76.3 Å². The summed E-state index contributed by atoms with van der Waals surface area (Å²) in [6.07, 6.45) is 6.96. The fraction of sp³-hybridized carbons (Fsp3) is 1.00. The topological polar surface area (TPSA) is 15.3 Å². The molecule has 0 unspecified atom stereocenters. The van der Waals surface area contributed by atoms with Gasteiger partial charge in [0.25, 0.3) is 0 Å². The molecule has 0 spiro atoms. The molecule has 2 fully saturated rings. The Hall–Kier alpha value is 0.270. The Kier molecular flexibility index (Phi) is 5.64. The van der Waals surface area contributed by atoms with E-state index >= 15 is 0 Å². The number of thioether (sulfide) groups is 1. The molecule has 0 saturated carbocycles. The van der Waals surface area contributed by atoms with Gasteiger partial charge in [-0.05, 0) is 56.5 Å². The smallest absolute Gasteiger partial charge is 0.00726 e. The Labute approximate surface area is 111 Å². The van der Waals surface area contributed by atoms with Gasteiger partial charge >= 0.3 is 0 Å². The summed E-state index contributed by atoms with van der Waals surface area (Å²) in [7, 11) is 0. The number of nitrogens with zero attached hydrogens (tertiary/aromatic N) is 1. The molecule has 2 aliphatic heterocycles. The zero-order chi connectivity index (χ0) is 12.0. The first-order chi connectivity index (χ1) is 8.35. The van der Waals surface area contributed by atoms with Gasteiger partial charge in [0.2, 0.25) is 0 Å². The molecule has 2 heterocycles. The summed E-state index contributed by atoms with van der Waals surface area (Å²) in [4.78, 5) is 2.75. The standard InChI is InChI=1S/C14H28N2S/c1-2-4-14(5-7-15-8-6-14)13-16-9-3-11-17-12-10-16/h15H,2-13H2,1H3. The lowest BCUT2D eigenvalue weighted by Gasteiger charge is -2.41. The normalized spacial score (nSPS) is 26.6. The lowest BCUT2D eigenvalue weighted by Crippen LogP contribution is -2.45. The van der Waals surface area contributed by atoms with Crippen LogP contribution >= 0.6 is 11.8 Å². The second-order valence-electron chi connectivity index (χ2n) is 5.74. The minimum absolute atomic E-state index is 0.634. The van der Waals surface area contributed by atoms with E-state index in [2.05, 4.69) is 28.9 Å². The fourth-order valence-electron chi connectivity index (χ4n) is 3.40. The largest absolute Gasteiger partial charge is 0.317 e. The quantitative estimate of drug-likeness (QED) is 0.832. The Morgan fingerprint density at radius 2 is 2.00 bits per heavy atom. The highest BCUT2D eigenvalue weighted by atomic mass is 32.2. The molecule has 0 aromatic heterocycles. The van der Waals surface area contributed by atoms with Gasteiger partial charge in [0.15, 0.2) is 0 Å². The van der Waals surface area contributed by atoms with Crippen LogP contribution < -0.4 is 5.32 Å². The van der Waals surface area contributed by atoms with Crippen LogP contribution in [0.1, 0.15) is 39.0 Å². The molecule has 2 nitrogen and oxygen atoms in total. The molecular weight excluding hydrogens is 228 g/mol. The summed E-state index contributed by atoms with van der Waals surface area (Å²) in [5.41, 5.74) is 0.634. The monoisotopic (exact) mass is 256 g/mol. The van der Waals surface area contributed by atoms with Crippen molar-refractivity contribution in [3.8, 4) is 0 Å². The van der Waals surface area contributed by atoms with Crippen LogP contribution in [0.5, 0.6) is 0 Å². The van der Waals surface area contributed by atoms with Gasteiger partial charge in [-0.1, -0.05) is 13.3 Å². The van der Waals surface area contributed by atoms with Crippen LogP contribution in [0.4, 0.5) is 0 Å². The first-order valence-electron chi connectivity index (χ1n) is 7.35. The highest BCUT2D eigenvalue weighted by Gasteiger charge is 2.32. The average molecular weight is 256 g/mol. The Balaban J connectivity index is 1.90. The van der Waals surface area contributed by atoms with Crippen molar-refractivity contribution in [2.45, 2.75) is 39.0 Å². The van der Waals surface area contributed by atoms with E-state index < -0.39 is 0 Å². The highest BCUT2D eigenvalue weighted by Crippen LogP contribution is 2.35. The third-order valence-corrected chi connectivity index (χ3v) is 5.37. The molecule has 2 rings (SSSR count). The molecule has 1 N–H and O–H groups in total. The lowest BCUT2D eigenvalue weighted by atomic mass is 9.75. The first kappa shape index (κ1) is 13.7. The van der Waals surface area contributed by atoms with Crippen LogP contribution in [-0.4, -0.2) is 49.1 Å². The molecule has 0 aliphatic carbocycles. The minimum atomic E-state index is 0.634. The van der Waals surface area contributed by atoms with Crippen LogP contribution in [0.2, 0.25) is 0 Å². The van der Waals surface area contributed by atoms with Crippen molar-refractivity contribution in [1.29, 1.82) is 0 Å². The summed E-state index contributed by atoms with van der Waals surface area (Å²) in [5.74, 6) is 2.72. The zero-order valence-corrected chi connectivity index (χ0v) is 12.2. The van der Waals surface area contributed by atoms with E-state index in [-0.39, 0.29) is 0 Å². The van der Waals surface area contributed by atoms with Gasteiger partial charge in [0.1, 0.15) is 0 Å². The van der Waals surface area contributed by atoms with Crippen molar-refractivity contribution in [1.82, 2.24) is 10.2 Å². The highest BCUT2D eigenvalue weighted by molar-refractivity contribution is 7.99. The van der Waals surface area contributed by atoms with E-state index in [1.54, 1.807) is 0 Å². The van der Waals surface area contributed by atoms with E-state index in [0.717, 1.165) is 0 Å². The first-order valence-corrected chi connectivity index (χ1v) is 8.51. The van der Waals surface area contributed by atoms with Gasteiger partial charge in [-0.15, -0.1) is 0 Å². The van der Waals surface area contributed by atoms with Crippen LogP contribution in [0.15, 0.2) is 0 Å². The Morgan fingerprint density at radius 3 is 2.76 bits per heavy atom. The maximum atomic E-state index is 3.52. The van der Waals surface area contributed by atoms with Crippen LogP contribution in [0.25, 0.3) is 0 Å². The molecule has 0 bridgehead atoms. The summed E-state index contributed by atoms with van der Waals surface area (Å²) in [6, 6.07) is 0. The summed E-state index contributed by atoms with van der Waals surface area (Å²) >= 11 is 2.14.